The lowest BCUT2D eigenvalue weighted by Crippen LogP contribution is -2.12. The molecule has 2 heteroatoms. The van der Waals surface area contributed by atoms with Gasteiger partial charge >= 0.3 is 0 Å². The summed E-state index contributed by atoms with van der Waals surface area (Å²) in [6.07, 6.45) is 2.09. The minimum Gasteiger partial charge on any atom is -0.298 e. The van der Waals surface area contributed by atoms with Crippen LogP contribution >= 0.6 is 11.8 Å². The monoisotopic (exact) mass is 236 g/mol. The fourth-order valence-electron chi connectivity index (χ4n) is 1.53. The van der Waals surface area contributed by atoms with Gasteiger partial charge in [0.25, 0.3) is 0 Å². The number of Topliss-reactive ketones (excluding diaryl/α,β-unsaturated/α-hetero) is 1. The third-order valence-electron chi connectivity index (χ3n) is 2.67. The Bertz CT molecular complexity index is 329. The number of aryl methyl sites for hydroxylation is 1. The summed E-state index contributed by atoms with van der Waals surface area (Å²) in [6, 6.07) is 8.33. The highest BCUT2D eigenvalue weighted by Crippen LogP contribution is 2.20. The second kappa shape index (κ2) is 6.74. The first-order chi connectivity index (χ1) is 7.63. The third-order valence-corrected chi connectivity index (χ3v) is 3.71. The minimum atomic E-state index is 0.211. The number of benzene rings is 1. The van der Waals surface area contributed by atoms with Crippen molar-refractivity contribution in [2.45, 2.75) is 38.5 Å². The molecule has 16 heavy (non-hydrogen) atoms. The summed E-state index contributed by atoms with van der Waals surface area (Å²) in [4.78, 5) is 12.9. The van der Waals surface area contributed by atoms with Gasteiger partial charge in [-0.1, -0.05) is 38.0 Å². The fraction of sp³-hybridized carbons (Fsp3) is 0.500. The Labute approximate surface area is 103 Å². The van der Waals surface area contributed by atoms with E-state index in [2.05, 4.69) is 38.1 Å². The summed E-state index contributed by atoms with van der Waals surface area (Å²) in [5, 5.41) is 0. The van der Waals surface area contributed by atoms with Crippen LogP contribution in [0.3, 0.4) is 0 Å². The zero-order valence-corrected chi connectivity index (χ0v) is 11.1. The first kappa shape index (κ1) is 13.3. The van der Waals surface area contributed by atoms with Crippen LogP contribution < -0.4 is 0 Å². The molecule has 0 spiro atoms. The van der Waals surface area contributed by atoms with Crippen molar-refractivity contribution >= 4 is 17.5 Å². The number of carbonyl (C=O) groups excluding carboxylic acids is 1. The zero-order chi connectivity index (χ0) is 12.0. The Hall–Kier alpha value is -0.760. The van der Waals surface area contributed by atoms with Crippen molar-refractivity contribution in [3.63, 3.8) is 0 Å². The van der Waals surface area contributed by atoms with Gasteiger partial charge in [-0.2, -0.15) is 0 Å². The summed E-state index contributed by atoms with van der Waals surface area (Å²) < 4.78 is 0. The number of rotatable bonds is 6. The normalized spacial score (nSPS) is 12.4. The molecule has 0 aliphatic carbocycles. The number of hydrogen-bond donors (Lipinski definition) is 0. The van der Waals surface area contributed by atoms with E-state index in [-0.39, 0.29) is 5.92 Å². The van der Waals surface area contributed by atoms with E-state index in [0.29, 0.717) is 11.5 Å². The summed E-state index contributed by atoms with van der Waals surface area (Å²) in [6.45, 7) is 6.22. The van der Waals surface area contributed by atoms with E-state index in [1.54, 1.807) is 11.8 Å². The molecule has 0 bridgehead atoms. The molecule has 88 valence electrons. The van der Waals surface area contributed by atoms with E-state index in [4.69, 9.17) is 0 Å². The standard InChI is InChI=1S/C14H20OS/c1-4-5-12(3)14(15)10-16-13-8-6-11(2)7-9-13/h6-9,12H,4-5,10H2,1-3H3. The lowest BCUT2D eigenvalue weighted by atomic mass is 10.0. The largest absolute Gasteiger partial charge is 0.298 e. The average molecular weight is 236 g/mol. The summed E-state index contributed by atoms with van der Waals surface area (Å²) in [7, 11) is 0. The molecule has 1 aromatic carbocycles. The Morgan fingerprint density at radius 1 is 1.31 bits per heavy atom. The van der Waals surface area contributed by atoms with Crippen molar-refractivity contribution in [1.29, 1.82) is 0 Å². The van der Waals surface area contributed by atoms with Gasteiger partial charge in [-0.25, -0.2) is 0 Å². The predicted octanol–water partition coefficient (Wildman–Crippen LogP) is 4.09. The van der Waals surface area contributed by atoms with Crippen LogP contribution in [0.15, 0.2) is 29.2 Å². The lowest BCUT2D eigenvalue weighted by Gasteiger charge is -2.08. The molecule has 0 saturated carbocycles. The Kier molecular flexibility index (Phi) is 5.61. The Balaban J connectivity index is 2.39. The van der Waals surface area contributed by atoms with Crippen LogP contribution in [0.2, 0.25) is 0 Å². The maximum atomic E-state index is 11.8. The first-order valence-corrected chi connectivity index (χ1v) is 6.84. The zero-order valence-electron chi connectivity index (χ0n) is 10.3. The van der Waals surface area contributed by atoms with Gasteiger partial charge in [0.2, 0.25) is 0 Å². The summed E-state index contributed by atoms with van der Waals surface area (Å²) in [5.74, 6) is 1.18. The molecule has 1 nitrogen and oxygen atoms in total. The molecule has 0 heterocycles. The summed E-state index contributed by atoms with van der Waals surface area (Å²) >= 11 is 1.64. The predicted molar refractivity (Wildman–Crippen MR) is 71.0 cm³/mol. The smallest absolute Gasteiger partial charge is 0.145 e. The van der Waals surface area contributed by atoms with Gasteiger partial charge in [-0.15, -0.1) is 11.8 Å². The molecule has 0 saturated heterocycles. The second-order valence-electron chi connectivity index (χ2n) is 4.26. The molecule has 1 rings (SSSR count). The molecule has 1 unspecified atom stereocenters. The van der Waals surface area contributed by atoms with E-state index in [0.717, 1.165) is 12.8 Å². The van der Waals surface area contributed by atoms with E-state index >= 15 is 0 Å². The van der Waals surface area contributed by atoms with Crippen molar-refractivity contribution in [3.8, 4) is 0 Å². The Morgan fingerprint density at radius 3 is 2.50 bits per heavy atom. The maximum Gasteiger partial charge on any atom is 0.145 e. The van der Waals surface area contributed by atoms with Gasteiger partial charge in [0.1, 0.15) is 5.78 Å². The molecule has 0 fully saturated rings. The molecular weight excluding hydrogens is 216 g/mol. The van der Waals surface area contributed by atoms with Gasteiger partial charge in [-0.05, 0) is 25.5 Å². The van der Waals surface area contributed by atoms with Crippen molar-refractivity contribution in [2.75, 3.05) is 5.75 Å². The van der Waals surface area contributed by atoms with E-state index < -0.39 is 0 Å². The van der Waals surface area contributed by atoms with Gasteiger partial charge in [-0.3, -0.25) is 4.79 Å². The van der Waals surface area contributed by atoms with E-state index in [1.807, 2.05) is 6.92 Å². The molecule has 0 radical (unpaired) electrons. The number of hydrogen-bond acceptors (Lipinski definition) is 2. The number of ketones is 1. The molecule has 0 amide bonds. The molecule has 0 aliphatic heterocycles. The highest BCUT2D eigenvalue weighted by molar-refractivity contribution is 8.00. The van der Waals surface area contributed by atoms with Gasteiger partial charge in [0.05, 0.1) is 5.75 Å². The quantitative estimate of drug-likeness (QED) is 0.692. The van der Waals surface area contributed by atoms with E-state index in [1.165, 1.54) is 10.5 Å². The summed E-state index contributed by atoms with van der Waals surface area (Å²) in [5.41, 5.74) is 1.26. The van der Waals surface area contributed by atoms with Crippen LogP contribution in [-0.4, -0.2) is 11.5 Å². The van der Waals surface area contributed by atoms with Crippen LogP contribution in [0.5, 0.6) is 0 Å². The lowest BCUT2D eigenvalue weighted by molar-refractivity contribution is -0.120. The van der Waals surface area contributed by atoms with Crippen LogP contribution in [-0.2, 0) is 4.79 Å². The Morgan fingerprint density at radius 2 is 1.94 bits per heavy atom. The second-order valence-corrected chi connectivity index (χ2v) is 5.31. The third kappa shape index (κ3) is 4.40. The van der Waals surface area contributed by atoms with Crippen molar-refractivity contribution in [1.82, 2.24) is 0 Å². The average Bonchev–Trinajstić information content (AvgIpc) is 2.28. The topological polar surface area (TPSA) is 17.1 Å². The van der Waals surface area contributed by atoms with Crippen LogP contribution in [0, 0.1) is 12.8 Å². The van der Waals surface area contributed by atoms with Crippen LogP contribution in [0.25, 0.3) is 0 Å². The van der Waals surface area contributed by atoms with Gasteiger partial charge < -0.3 is 0 Å². The molecule has 1 aromatic rings. The van der Waals surface area contributed by atoms with Crippen molar-refractivity contribution in [3.05, 3.63) is 29.8 Å². The molecular formula is C14H20OS. The van der Waals surface area contributed by atoms with Crippen LogP contribution in [0.1, 0.15) is 32.3 Å². The molecule has 0 N–H and O–H groups in total. The van der Waals surface area contributed by atoms with Crippen LogP contribution in [0.4, 0.5) is 0 Å². The van der Waals surface area contributed by atoms with Crippen molar-refractivity contribution < 1.29 is 4.79 Å². The molecule has 0 aromatic heterocycles. The highest BCUT2D eigenvalue weighted by atomic mass is 32.2. The maximum absolute atomic E-state index is 11.8. The number of thioether (sulfide) groups is 1. The van der Waals surface area contributed by atoms with Gasteiger partial charge in [0, 0.05) is 10.8 Å². The molecule has 1 atom stereocenters. The fourth-order valence-corrected chi connectivity index (χ4v) is 2.45. The first-order valence-electron chi connectivity index (χ1n) is 5.85. The number of carbonyl (C=O) groups is 1. The highest BCUT2D eigenvalue weighted by Gasteiger charge is 2.11. The van der Waals surface area contributed by atoms with E-state index in [9.17, 15) is 4.79 Å². The van der Waals surface area contributed by atoms with Crippen molar-refractivity contribution in [2.24, 2.45) is 5.92 Å². The SMILES string of the molecule is CCCC(C)C(=O)CSc1ccc(C)cc1. The molecule has 0 aliphatic rings. The van der Waals surface area contributed by atoms with Gasteiger partial charge in [0.15, 0.2) is 0 Å². The minimum absolute atomic E-state index is 0.211.